The predicted octanol–water partition coefficient (Wildman–Crippen LogP) is 3.91. The number of nitrogens with zero attached hydrogens (tertiary/aromatic N) is 3. The highest BCUT2D eigenvalue weighted by Crippen LogP contribution is 2.36. The number of methoxy groups -OCH3 is 2. The summed E-state index contributed by atoms with van der Waals surface area (Å²) in [4.78, 5) is 23.1. The molecule has 1 N–H and O–H groups in total. The zero-order valence-corrected chi connectivity index (χ0v) is 16.3. The second-order valence-corrected chi connectivity index (χ2v) is 6.71. The van der Waals surface area contributed by atoms with E-state index in [0.717, 1.165) is 25.9 Å². The monoisotopic (exact) mass is 390 g/mol. The number of hydrogen-bond donors (Lipinski definition) is 1. The molecule has 0 radical (unpaired) electrons. The van der Waals surface area contributed by atoms with E-state index in [2.05, 4.69) is 15.3 Å². The van der Waals surface area contributed by atoms with E-state index in [1.54, 1.807) is 26.4 Å². The number of halogens is 1. The Morgan fingerprint density at radius 3 is 2.33 bits per heavy atom. The first-order valence-electron chi connectivity index (χ1n) is 8.92. The fourth-order valence-corrected chi connectivity index (χ4v) is 3.27. The van der Waals surface area contributed by atoms with Gasteiger partial charge < -0.3 is 19.7 Å². The van der Waals surface area contributed by atoms with E-state index in [1.807, 2.05) is 4.90 Å². The lowest BCUT2D eigenvalue weighted by Gasteiger charge is -2.19. The third-order valence-corrected chi connectivity index (χ3v) is 4.80. The quantitative estimate of drug-likeness (QED) is 0.834. The summed E-state index contributed by atoms with van der Waals surface area (Å²) in [5.74, 6) is 1.49. The van der Waals surface area contributed by atoms with Crippen LogP contribution < -0.4 is 14.8 Å². The van der Waals surface area contributed by atoms with Gasteiger partial charge in [0, 0.05) is 25.2 Å². The number of nitrogens with one attached hydrogen (secondary N) is 1. The van der Waals surface area contributed by atoms with Gasteiger partial charge in [-0.05, 0) is 12.8 Å². The van der Waals surface area contributed by atoms with Crippen LogP contribution >= 0.6 is 11.6 Å². The number of ether oxygens (including phenoxy) is 2. The van der Waals surface area contributed by atoms with Crippen molar-refractivity contribution in [1.29, 1.82) is 0 Å². The molecule has 0 bridgehead atoms. The van der Waals surface area contributed by atoms with Crippen molar-refractivity contribution in [3.05, 3.63) is 35.2 Å². The van der Waals surface area contributed by atoms with Crippen molar-refractivity contribution in [2.24, 2.45) is 0 Å². The molecular weight excluding hydrogens is 368 g/mol. The maximum absolute atomic E-state index is 12.6. The van der Waals surface area contributed by atoms with E-state index in [-0.39, 0.29) is 5.91 Å². The minimum absolute atomic E-state index is 0.0679. The average molecular weight is 391 g/mol. The number of carbonyl (C=O) groups is 1. The van der Waals surface area contributed by atoms with Crippen molar-refractivity contribution in [3.63, 3.8) is 0 Å². The van der Waals surface area contributed by atoms with Crippen molar-refractivity contribution in [2.45, 2.75) is 25.7 Å². The molecular formula is C19H23ClN4O3. The van der Waals surface area contributed by atoms with E-state index in [0.29, 0.717) is 33.7 Å². The van der Waals surface area contributed by atoms with Crippen LogP contribution in [0.5, 0.6) is 11.5 Å². The van der Waals surface area contributed by atoms with Gasteiger partial charge in [0.2, 0.25) is 0 Å². The fraction of sp³-hybridized carbons (Fsp3) is 0.421. The number of rotatable bonds is 5. The normalized spacial score (nSPS) is 14.4. The number of amides is 1. The number of hydrogen-bond acceptors (Lipinski definition) is 6. The zero-order chi connectivity index (χ0) is 19.2. The van der Waals surface area contributed by atoms with Gasteiger partial charge in [0.25, 0.3) is 5.91 Å². The summed E-state index contributed by atoms with van der Waals surface area (Å²) in [6.45, 7) is 1.56. The van der Waals surface area contributed by atoms with Gasteiger partial charge in [-0.15, -0.1) is 0 Å². The molecule has 144 valence electrons. The van der Waals surface area contributed by atoms with Crippen molar-refractivity contribution in [1.82, 2.24) is 14.9 Å². The third kappa shape index (κ3) is 4.60. The number of likely N-dealkylation sites (tertiary alicyclic amines) is 1. The third-order valence-electron chi connectivity index (χ3n) is 4.50. The van der Waals surface area contributed by atoms with E-state index >= 15 is 0 Å². The summed E-state index contributed by atoms with van der Waals surface area (Å²) in [5, 5.41) is 3.57. The lowest BCUT2D eigenvalue weighted by molar-refractivity contribution is 0.0755. The molecule has 1 fully saturated rings. The van der Waals surface area contributed by atoms with Gasteiger partial charge in [-0.3, -0.25) is 4.79 Å². The van der Waals surface area contributed by atoms with Gasteiger partial charge in [-0.25, -0.2) is 9.97 Å². The van der Waals surface area contributed by atoms with E-state index in [1.165, 1.54) is 25.2 Å². The SMILES string of the molecule is COc1cc(Nc2cnc(C(=O)N3CCCCCC3)cn2)c(OC)cc1Cl. The molecule has 7 nitrogen and oxygen atoms in total. The highest BCUT2D eigenvalue weighted by atomic mass is 35.5. The molecule has 27 heavy (non-hydrogen) atoms. The first-order valence-corrected chi connectivity index (χ1v) is 9.30. The lowest BCUT2D eigenvalue weighted by atomic mass is 10.2. The maximum Gasteiger partial charge on any atom is 0.274 e. The van der Waals surface area contributed by atoms with Gasteiger partial charge in [0.15, 0.2) is 0 Å². The summed E-state index contributed by atoms with van der Waals surface area (Å²) < 4.78 is 10.6. The summed E-state index contributed by atoms with van der Waals surface area (Å²) in [6, 6.07) is 3.38. The number of aromatic nitrogens is 2. The van der Waals surface area contributed by atoms with Crippen LogP contribution in [0.2, 0.25) is 5.02 Å². The summed E-state index contributed by atoms with van der Waals surface area (Å²) in [7, 11) is 3.10. The van der Waals surface area contributed by atoms with E-state index in [4.69, 9.17) is 21.1 Å². The minimum Gasteiger partial charge on any atom is -0.495 e. The Hall–Kier alpha value is -2.54. The Kier molecular flexibility index (Phi) is 6.34. The van der Waals surface area contributed by atoms with E-state index in [9.17, 15) is 4.79 Å². The molecule has 1 aliphatic heterocycles. The molecule has 1 aromatic carbocycles. The Bertz CT molecular complexity index is 790. The molecule has 3 rings (SSSR count). The van der Waals surface area contributed by atoms with Crippen molar-refractivity contribution in [3.8, 4) is 11.5 Å². The van der Waals surface area contributed by atoms with Crippen LogP contribution in [-0.4, -0.2) is 48.1 Å². The van der Waals surface area contributed by atoms with Crippen molar-refractivity contribution >= 4 is 29.0 Å². The number of carbonyl (C=O) groups excluding carboxylic acids is 1. The van der Waals surface area contributed by atoms with Gasteiger partial charge in [-0.2, -0.15) is 0 Å². The Balaban J connectivity index is 1.75. The molecule has 2 aromatic rings. The minimum atomic E-state index is -0.0679. The molecule has 8 heteroatoms. The first-order chi connectivity index (χ1) is 13.1. The standard InChI is InChI=1S/C19H23ClN4O3/c1-26-16-10-14(17(27-2)9-13(16)20)23-18-12-21-15(11-22-18)19(25)24-7-5-3-4-6-8-24/h9-12H,3-8H2,1-2H3,(H,22,23). The predicted molar refractivity (Wildman–Crippen MR) is 104 cm³/mol. The van der Waals surface area contributed by atoms with Crippen LogP contribution in [-0.2, 0) is 0 Å². The molecule has 1 amide bonds. The molecule has 1 aliphatic rings. The van der Waals surface area contributed by atoms with E-state index < -0.39 is 0 Å². The topological polar surface area (TPSA) is 76.6 Å². The summed E-state index contributed by atoms with van der Waals surface area (Å²) in [5.41, 5.74) is 0.989. The zero-order valence-electron chi connectivity index (χ0n) is 15.5. The Morgan fingerprint density at radius 1 is 1.04 bits per heavy atom. The van der Waals surface area contributed by atoms with Crippen LogP contribution in [0, 0.1) is 0 Å². The first kappa shape index (κ1) is 19.2. The molecule has 2 heterocycles. The molecule has 0 spiro atoms. The summed E-state index contributed by atoms with van der Waals surface area (Å²) in [6.07, 6.45) is 7.45. The van der Waals surface area contributed by atoms with Gasteiger partial charge in [-0.1, -0.05) is 24.4 Å². The maximum atomic E-state index is 12.6. The largest absolute Gasteiger partial charge is 0.495 e. The molecule has 0 aliphatic carbocycles. The summed E-state index contributed by atoms with van der Waals surface area (Å²) >= 11 is 6.12. The number of anilines is 2. The highest BCUT2D eigenvalue weighted by Gasteiger charge is 2.19. The Morgan fingerprint density at radius 2 is 1.74 bits per heavy atom. The van der Waals surface area contributed by atoms with Crippen LogP contribution in [0.3, 0.4) is 0 Å². The molecule has 0 saturated carbocycles. The van der Waals surface area contributed by atoms with Gasteiger partial charge in [0.05, 0.1) is 37.3 Å². The fourth-order valence-electron chi connectivity index (χ4n) is 3.03. The van der Waals surface area contributed by atoms with Crippen LogP contribution in [0.15, 0.2) is 24.5 Å². The second-order valence-electron chi connectivity index (χ2n) is 6.31. The van der Waals surface area contributed by atoms with Crippen molar-refractivity contribution < 1.29 is 14.3 Å². The van der Waals surface area contributed by atoms with Gasteiger partial charge in [0.1, 0.15) is 23.0 Å². The van der Waals surface area contributed by atoms with Gasteiger partial charge >= 0.3 is 0 Å². The van der Waals surface area contributed by atoms with Crippen molar-refractivity contribution in [2.75, 3.05) is 32.6 Å². The molecule has 1 aromatic heterocycles. The van der Waals surface area contributed by atoms with Crippen LogP contribution in [0.1, 0.15) is 36.2 Å². The molecule has 0 unspecified atom stereocenters. The van der Waals surface area contributed by atoms with Crippen LogP contribution in [0.4, 0.5) is 11.5 Å². The smallest absolute Gasteiger partial charge is 0.274 e. The highest BCUT2D eigenvalue weighted by molar-refractivity contribution is 6.32. The lowest BCUT2D eigenvalue weighted by Crippen LogP contribution is -2.32. The Labute approximate surface area is 163 Å². The molecule has 0 atom stereocenters. The second kappa shape index (κ2) is 8.90. The van der Waals surface area contributed by atoms with Crippen LogP contribution in [0.25, 0.3) is 0 Å². The average Bonchev–Trinajstić information content (AvgIpc) is 2.98. The molecule has 1 saturated heterocycles. The number of benzene rings is 1.